The van der Waals surface area contributed by atoms with Crippen molar-refractivity contribution < 1.29 is 17.9 Å². The maximum Gasteiger partial charge on any atom is 0.269 e. The highest BCUT2D eigenvalue weighted by molar-refractivity contribution is 5.85. The summed E-state index contributed by atoms with van der Waals surface area (Å²) in [5.74, 6) is -0.907. The molecule has 4 N–H and O–H groups in total. The highest BCUT2D eigenvalue weighted by Crippen LogP contribution is 2.37. The Hall–Kier alpha value is -1.47. The molecule has 0 saturated carbocycles. The van der Waals surface area contributed by atoms with Gasteiger partial charge in [0, 0.05) is 11.3 Å². The number of ether oxygens (including phenoxy) is 1. The normalized spacial score (nSPS) is 22.8. The third-order valence-corrected chi connectivity index (χ3v) is 2.73. The molecule has 1 aromatic carbocycles. The van der Waals surface area contributed by atoms with Crippen molar-refractivity contribution in [3.8, 4) is 0 Å². The van der Waals surface area contributed by atoms with Crippen LogP contribution in [0.5, 0.6) is 0 Å². The summed E-state index contributed by atoms with van der Waals surface area (Å²) in [4.78, 5) is 3.71. The molecule has 4 nitrogen and oxygen atoms in total. The molecular weight excluding hydrogens is 283 g/mol. The Bertz CT molecular complexity index is 498. The standard InChI is InChI=1S/C11H12F3N3O.ClH/c12-8-2-1-6(15)3-7(8)11(10(13)14)5-18-4-9(16)17-11;/h1-3,10H,4-5,15H2,(H2,16,17);1H/t11-;/m0./s1. The molecule has 0 radical (unpaired) electrons. The van der Waals surface area contributed by atoms with Crippen molar-refractivity contribution in [2.24, 2.45) is 10.7 Å². The van der Waals surface area contributed by atoms with Gasteiger partial charge in [0.05, 0.1) is 6.61 Å². The molecule has 1 atom stereocenters. The predicted octanol–water partition coefficient (Wildman–Crippen LogP) is 1.68. The van der Waals surface area contributed by atoms with E-state index in [4.69, 9.17) is 16.2 Å². The summed E-state index contributed by atoms with van der Waals surface area (Å²) < 4.78 is 45.3. The average molecular weight is 296 g/mol. The van der Waals surface area contributed by atoms with Gasteiger partial charge in [0.1, 0.15) is 18.3 Å². The van der Waals surface area contributed by atoms with Gasteiger partial charge in [-0.25, -0.2) is 13.2 Å². The summed E-state index contributed by atoms with van der Waals surface area (Å²) >= 11 is 0. The summed E-state index contributed by atoms with van der Waals surface area (Å²) in [6, 6.07) is 3.44. The van der Waals surface area contributed by atoms with Gasteiger partial charge in [-0.05, 0) is 18.2 Å². The lowest BCUT2D eigenvalue weighted by Gasteiger charge is -2.33. The van der Waals surface area contributed by atoms with Crippen LogP contribution >= 0.6 is 12.4 Å². The molecule has 0 unspecified atom stereocenters. The van der Waals surface area contributed by atoms with Crippen molar-refractivity contribution >= 4 is 23.9 Å². The zero-order valence-electron chi connectivity index (χ0n) is 9.78. The summed E-state index contributed by atoms with van der Waals surface area (Å²) in [5, 5.41) is 0. The van der Waals surface area contributed by atoms with Crippen LogP contribution in [0.25, 0.3) is 0 Å². The van der Waals surface area contributed by atoms with Crippen molar-refractivity contribution in [2.75, 3.05) is 18.9 Å². The molecule has 0 bridgehead atoms. The fourth-order valence-electron chi connectivity index (χ4n) is 1.87. The number of nitrogens with zero attached hydrogens (tertiary/aromatic N) is 1. The van der Waals surface area contributed by atoms with E-state index in [0.717, 1.165) is 12.1 Å². The van der Waals surface area contributed by atoms with Crippen molar-refractivity contribution in [3.05, 3.63) is 29.6 Å². The Morgan fingerprint density at radius 1 is 1.32 bits per heavy atom. The maximum atomic E-state index is 13.7. The van der Waals surface area contributed by atoms with Crippen LogP contribution in [-0.4, -0.2) is 25.5 Å². The van der Waals surface area contributed by atoms with E-state index in [2.05, 4.69) is 4.99 Å². The molecule has 1 aliphatic heterocycles. The van der Waals surface area contributed by atoms with E-state index in [1.807, 2.05) is 0 Å². The molecule has 0 aliphatic carbocycles. The van der Waals surface area contributed by atoms with Crippen LogP contribution in [0, 0.1) is 5.82 Å². The van der Waals surface area contributed by atoms with Crippen LogP contribution < -0.4 is 11.5 Å². The lowest BCUT2D eigenvalue weighted by atomic mass is 9.90. The van der Waals surface area contributed by atoms with Crippen LogP contribution in [0.15, 0.2) is 23.2 Å². The molecule has 106 valence electrons. The summed E-state index contributed by atoms with van der Waals surface area (Å²) in [7, 11) is 0. The monoisotopic (exact) mass is 295 g/mol. The van der Waals surface area contributed by atoms with Crippen LogP contribution in [0.3, 0.4) is 0 Å². The van der Waals surface area contributed by atoms with Crippen LogP contribution in [-0.2, 0) is 10.3 Å². The van der Waals surface area contributed by atoms with Crippen molar-refractivity contribution in [2.45, 2.75) is 12.0 Å². The Labute approximate surface area is 114 Å². The number of nitrogens with two attached hydrogens (primary N) is 2. The summed E-state index contributed by atoms with van der Waals surface area (Å²) in [6.45, 7) is -0.482. The third kappa shape index (κ3) is 2.76. The Balaban J connectivity index is 0.00000180. The molecule has 8 heteroatoms. The first-order chi connectivity index (χ1) is 8.45. The van der Waals surface area contributed by atoms with Gasteiger partial charge in [0.2, 0.25) is 0 Å². The molecule has 19 heavy (non-hydrogen) atoms. The molecule has 1 aliphatic rings. The summed E-state index contributed by atoms with van der Waals surface area (Å²) in [6.07, 6.45) is -2.95. The zero-order chi connectivity index (χ0) is 13.3. The fraction of sp³-hybridized carbons (Fsp3) is 0.364. The van der Waals surface area contributed by atoms with Gasteiger partial charge in [0.25, 0.3) is 6.43 Å². The lowest BCUT2D eigenvalue weighted by molar-refractivity contribution is -0.0145. The number of rotatable bonds is 2. The van der Waals surface area contributed by atoms with E-state index in [-0.39, 0.29) is 36.1 Å². The second kappa shape index (κ2) is 5.66. The highest BCUT2D eigenvalue weighted by Gasteiger charge is 2.46. The highest BCUT2D eigenvalue weighted by atomic mass is 35.5. The minimum Gasteiger partial charge on any atom is -0.399 e. The van der Waals surface area contributed by atoms with Gasteiger partial charge >= 0.3 is 0 Å². The molecule has 0 amide bonds. The number of benzene rings is 1. The maximum absolute atomic E-state index is 13.7. The van der Waals surface area contributed by atoms with Gasteiger partial charge < -0.3 is 16.2 Å². The Morgan fingerprint density at radius 3 is 2.58 bits per heavy atom. The van der Waals surface area contributed by atoms with E-state index in [1.165, 1.54) is 6.07 Å². The average Bonchev–Trinajstić information content (AvgIpc) is 2.32. The van der Waals surface area contributed by atoms with Gasteiger partial charge in [-0.3, -0.25) is 4.99 Å². The third-order valence-electron chi connectivity index (χ3n) is 2.73. The number of hydrogen-bond donors (Lipinski definition) is 2. The number of hydrogen-bond acceptors (Lipinski definition) is 4. The van der Waals surface area contributed by atoms with Crippen molar-refractivity contribution in [1.29, 1.82) is 0 Å². The molecule has 1 heterocycles. The quantitative estimate of drug-likeness (QED) is 0.815. The van der Waals surface area contributed by atoms with E-state index in [1.54, 1.807) is 0 Å². The van der Waals surface area contributed by atoms with E-state index in [9.17, 15) is 13.2 Å². The molecule has 0 spiro atoms. The van der Waals surface area contributed by atoms with Gasteiger partial charge in [-0.2, -0.15) is 0 Å². The molecule has 0 fully saturated rings. The van der Waals surface area contributed by atoms with Crippen LogP contribution in [0.4, 0.5) is 18.9 Å². The predicted molar refractivity (Wildman–Crippen MR) is 68.2 cm³/mol. The summed E-state index contributed by atoms with van der Waals surface area (Å²) in [5.41, 5.74) is 8.65. The number of aliphatic imine (C=N–C) groups is 1. The lowest BCUT2D eigenvalue weighted by Crippen LogP contribution is -2.45. The molecule has 0 saturated heterocycles. The first kappa shape index (κ1) is 15.6. The van der Waals surface area contributed by atoms with Gasteiger partial charge in [0.15, 0.2) is 5.54 Å². The fourth-order valence-corrected chi connectivity index (χ4v) is 1.87. The second-order valence-corrected chi connectivity index (χ2v) is 4.06. The zero-order valence-corrected chi connectivity index (χ0v) is 10.6. The number of amidine groups is 1. The van der Waals surface area contributed by atoms with E-state index < -0.39 is 24.4 Å². The first-order valence-electron chi connectivity index (χ1n) is 5.21. The topological polar surface area (TPSA) is 73.6 Å². The van der Waals surface area contributed by atoms with Gasteiger partial charge in [-0.15, -0.1) is 12.4 Å². The number of anilines is 1. The molecule has 0 aromatic heterocycles. The minimum absolute atomic E-state index is 0. The second-order valence-electron chi connectivity index (χ2n) is 4.06. The first-order valence-corrected chi connectivity index (χ1v) is 5.21. The Kier molecular flexibility index (Phi) is 4.65. The SMILES string of the molecule is Cl.NC1=N[C@@](c2cc(N)ccc2F)(C(F)F)COC1. The number of nitrogen functional groups attached to an aromatic ring is 1. The van der Waals surface area contributed by atoms with Crippen molar-refractivity contribution in [1.82, 2.24) is 0 Å². The van der Waals surface area contributed by atoms with Gasteiger partial charge in [-0.1, -0.05) is 0 Å². The molecule has 2 rings (SSSR count). The van der Waals surface area contributed by atoms with E-state index >= 15 is 0 Å². The number of halogens is 4. The smallest absolute Gasteiger partial charge is 0.269 e. The number of alkyl halides is 2. The van der Waals surface area contributed by atoms with Crippen LogP contribution in [0.1, 0.15) is 5.56 Å². The minimum atomic E-state index is -2.95. The largest absolute Gasteiger partial charge is 0.399 e. The van der Waals surface area contributed by atoms with Crippen molar-refractivity contribution in [3.63, 3.8) is 0 Å². The molecular formula is C11H13ClF3N3O. The Morgan fingerprint density at radius 2 is 2.00 bits per heavy atom. The molecule has 1 aromatic rings. The van der Waals surface area contributed by atoms with Crippen LogP contribution in [0.2, 0.25) is 0 Å². The van der Waals surface area contributed by atoms with E-state index in [0.29, 0.717) is 0 Å².